The van der Waals surface area contributed by atoms with Crippen molar-refractivity contribution < 1.29 is 42.7 Å². The fourth-order valence-corrected chi connectivity index (χ4v) is 4.98. The first-order chi connectivity index (χ1) is 18.9. The van der Waals surface area contributed by atoms with Gasteiger partial charge in [0.05, 0.1) is 56.9 Å². The molecule has 0 radical (unpaired) electrons. The number of hydrogen-bond acceptors (Lipinski definition) is 9. The monoisotopic (exact) mass is 536 g/mol. The Morgan fingerprint density at radius 3 is 1.62 bits per heavy atom. The summed E-state index contributed by atoms with van der Waals surface area (Å²) >= 11 is 0. The Balaban J connectivity index is 2.06. The zero-order chi connectivity index (χ0) is 28.3. The van der Waals surface area contributed by atoms with E-state index in [1.807, 2.05) is 30.3 Å². The molecule has 1 atom stereocenters. The number of methoxy groups -OCH3 is 8. The molecule has 9 heteroatoms. The van der Waals surface area contributed by atoms with Crippen molar-refractivity contribution in [1.82, 2.24) is 0 Å². The van der Waals surface area contributed by atoms with Gasteiger partial charge in [-0.15, -0.1) is 0 Å². The van der Waals surface area contributed by atoms with Crippen molar-refractivity contribution in [3.8, 4) is 46.0 Å². The number of ketones is 1. The Morgan fingerprint density at radius 2 is 1.10 bits per heavy atom. The van der Waals surface area contributed by atoms with E-state index in [0.717, 1.165) is 11.1 Å². The Hall–Kier alpha value is -4.53. The zero-order valence-corrected chi connectivity index (χ0v) is 23.3. The molecule has 0 saturated carbocycles. The molecule has 3 aromatic carbocycles. The fourth-order valence-electron chi connectivity index (χ4n) is 4.98. The molecule has 39 heavy (non-hydrogen) atoms. The molecule has 0 bridgehead atoms. The van der Waals surface area contributed by atoms with Crippen LogP contribution in [-0.2, 0) is 0 Å². The first-order valence-electron chi connectivity index (χ1n) is 12.0. The number of carbonyl (C=O) groups is 1. The summed E-state index contributed by atoms with van der Waals surface area (Å²) in [5, 5.41) is 0. The summed E-state index contributed by atoms with van der Waals surface area (Å²) in [6, 6.07) is 10.8. The van der Waals surface area contributed by atoms with Crippen molar-refractivity contribution in [1.29, 1.82) is 0 Å². The molecule has 3 aromatic rings. The van der Waals surface area contributed by atoms with E-state index in [0.29, 0.717) is 62.7 Å². The number of fused-ring (bicyclic) bond motifs is 1. The van der Waals surface area contributed by atoms with Gasteiger partial charge in [0, 0.05) is 22.6 Å². The second-order valence-corrected chi connectivity index (χ2v) is 8.54. The molecule has 0 amide bonds. The van der Waals surface area contributed by atoms with E-state index in [-0.39, 0.29) is 5.78 Å². The smallest absolute Gasteiger partial charge is 0.203 e. The molecule has 0 aromatic heterocycles. The summed E-state index contributed by atoms with van der Waals surface area (Å²) in [5.41, 5.74) is 3.06. The SMILES string of the molecule is COc1ccc(/C=C2\C(=O)c3cc(OC)c(OC)c(OC)c3C2c2cc(OC)c(OC)c(OC)c2)cc1OC. The Bertz CT molecular complexity index is 1400. The van der Waals surface area contributed by atoms with Gasteiger partial charge in [-0.05, 0) is 47.5 Å². The van der Waals surface area contributed by atoms with Gasteiger partial charge >= 0.3 is 0 Å². The van der Waals surface area contributed by atoms with E-state index < -0.39 is 5.92 Å². The minimum absolute atomic E-state index is 0.183. The van der Waals surface area contributed by atoms with Crippen LogP contribution >= 0.6 is 0 Å². The minimum atomic E-state index is -0.566. The minimum Gasteiger partial charge on any atom is -0.493 e. The normalized spacial score (nSPS) is 15.0. The number of benzene rings is 3. The van der Waals surface area contributed by atoms with Crippen molar-refractivity contribution >= 4 is 11.9 Å². The van der Waals surface area contributed by atoms with Crippen LogP contribution in [0.5, 0.6) is 46.0 Å². The Morgan fingerprint density at radius 1 is 0.564 bits per heavy atom. The van der Waals surface area contributed by atoms with Gasteiger partial charge in [0.1, 0.15) is 0 Å². The first-order valence-corrected chi connectivity index (χ1v) is 12.0. The predicted molar refractivity (Wildman–Crippen MR) is 146 cm³/mol. The number of hydrogen-bond donors (Lipinski definition) is 0. The van der Waals surface area contributed by atoms with Crippen LogP contribution in [0.2, 0.25) is 0 Å². The van der Waals surface area contributed by atoms with E-state index in [4.69, 9.17) is 37.9 Å². The number of allylic oxidation sites excluding steroid dienone is 1. The number of ether oxygens (including phenoxy) is 8. The predicted octanol–water partition coefficient (Wildman–Crippen LogP) is 5.17. The average Bonchev–Trinajstić information content (AvgIpc) is 3.25. The van der Waals surface area contributed by atoms with Crippen molar-refractivity contribution in [2.75, 3.05) is 56.9 Å². The molecule has 4 rings (SSSR count). The van der Waals surface area contributed by atoms with Gasteiger partial charge < -0.3 is 37.9 Å². The van der Waals surface area contributed by atoms with Crippen LogP contribution in [0.3, 0.4) is 0 Å². The molecule has 0 aliphatic heterocycles. The molecule has 206 valence electrons. The van der Waals surface area contributed by atoms with E-state index in [1.54, 1.807) is 40.6 Å². The lowest BCUT2D eigenvalue weighted by molar-refractivity contribution is 0.103. The first kappa shape index (κ1) is 27.5. The van der Waals surface area contributed by atoms with Gasteiger partial charge in [-0.3, -0.25) is 4.79 Å². The Kier molecular flexibility index (Phi) is 8.09. The molecule has 1 aliphatic rings. The molecule has 0 saturated heterocycles. The molecular weight excluding hydrogens is 504 g/mol. The van der Waals surface area contributed by atoms with Crippen molar-refractivity contribution in [2.45, 2.75) is 5.92 Å². The summed E-state index contributed by atoms with van der Waals surface area (Å²) in [6.45, 7) is 0. The molecule has 0 spiro atoms. The van der Waals surface area contributed by atoms with Gasteiger partial charge in [0.2, 0.25) is 11.5 Å². The summed E-state index contributed by atoms with van der Waals surface area (Å²) in [6.07, 6.45) is 1.83. The van der Waals surface area contributed by atoms with Gasteiger partial charge in [-0.2, -0.15) is 0 Å². The summed E-state index contributed by atoms with van der Waals surface area (Å²) in [5.74, 6) is 2.90. The van der Waals surface area contributed by atoms with Gasteiger partial charge in [0.25, 0.3) is 0 Å². The molecule has 1 aliphatic carbocycles. The van der Waals surface area contributed by atoms with Gasteiger partial charge in [0.15, 0.2) is 40.3 Å². The van der Waals surface area contributed by atoms with Crippen LogP contribution < -0.4 is 37.9 Å². The highest BCUT2D eigenvalue weighted by Gasteiger charge is 2.41. The second-order valence-electron chi connectivity index (χ2n) is 8.54. The highest BCUT2D eigenvalue weighted by molar-refractivity contribution is 6.18. The molecular formula is C30H32O9. The lowest BCUT2D eigenvalue weighted by Gasteiger charge is -2.22. The molecule has 9 nitrogen and oxygen atoms in total. The highest BCUT2D eigenvalue weighted by Crippen LogP contribution is 2.55. The lowest BCUT2D eigenvalue weighted by Crippen LogP contribution is -2.06. The van der Waals surface area contributed by atoms with Crippen molar-refractivity contribution in [2.24, 2.45) is 0 Å². The summed E-state index contributed by atoms with van der Waals surface area (Å²) < 4.78 is 44.7. The largest absolute Gasteiger partial charge is 0.493 e. The standard InChI is InChI=1S/C30H32O9/c1-32-20-10-9-16(12-21(20)33-2)11-18-25(17-13-22(34-3)28(37-6)23(14-17)35-4)26-19(27(18)31)15-24(36-5)29(38-7)30(26)39-8/h9-15,25H,1-8H3/b18-11-. The maximum absolute atomic E-state index is 14.1. The van der Waals surface area contributed by atoms with Crippen molar-refractivity contribution in [3.63, 3.8) is 0 Å². The van der Waals surface area contributed by atoms with Gasteiger partial charge in [-0.25, -0.2) is 0 Å². The molecule has 1 unspecified atom stereocenters. The van der Waals surface area contributed by atoms with Crippen LogP contribution in [0.15, 0.2) is 42.0 Å². The van der Waals surface area contributed by atoms with Crippen LogP contribution in [0.4, 0.5) is 0 Å². The van der Waals surface area contributed by atoms with E-state index in [2.05, 4.69) is 0 Å². The maximum Gasteiger partial charge on any atom is 0.203 e. The van der Waals surface area contributed by atoms with E-state index in [1.165, 1.54) is 28.4 Å². The summed E-state index contributed by atoms with van der Waals surface area (Å²) in [4.78, 5) is 14.1. The number of Topliss-reactive ketones (excluding diaryl/α,β-unsaturated/α-hetero) is 1. The van der Waals surface area contributed by atoms with E-state index in [9.17, 15) is 4.79 Å². The number of rotatable bonds is 10. The number of carbonyl (C=O) groups excluding carboxylic acids is 1. The van der Waals surface area contributed by atoms with Gasteiger partial charge in [-0.1, -0.05) is 6.07 Å². The lowest BCUT2D eigenvalue weighted by atomic mass is 9.87. The highest BCUT2D eigenvalue weighted by atomic mass is 16.5. The van der Waals surface area contributed by atoms with Crippen molar-refractivity contribution in [3.05, 3.63) is 64.2 Å². The van der Waals surface area contributed by atoms with Crippen LogP contribution in [0.1, 0.15) is 33.0 Å². The molecule has 0 N–H and O–H groups in total. The topological polar surface area (TPSA) is 90.9 Å². The van der Waals surface area contributed by atoms with Crippen LogP contribution in [0.25, 0.3) is 6.08 Å². The van der Waals surface area contributed by atoms with Crippen LogP contribution in [-0.4, -0.2) is 62.7 Å². The van der Waals surface area contributed by atoms with Crippen LogP contribution in [0, 0.1) is 0 Å². The zero-order valence-electron chi connectivity index (χ0n) is 23.3. The molecule has 0 fully saturated rings. The maximum atomic E-state index is 14.1. The second kappa shape index (κ2) is 11.5. The third-order valence-corrected chi connectivity index (χ3v) is 6.73. The average molecular weight is 537 g/mol. The van der Waals surface area contributed by atoms with E-state index >= 15 is 0 Å². The summed E-state index contributed by atoms with van der Waals surface area (Å²) in [7, 11) is 12.3. The molecule has 0 heterocycles. The third kappa shape index (κ3) is 4.65. The Labute approximate surface area is 227 Å². The third-order valence-electron chi connectivity index (χ3n) is 6.73. The fraction of sp³-hybridized carbons (Fsp3) is 0.300. The quantitative estimate of drug-likeness (QED) is 0.326.